The summed E-state index contributed by atoms with van der Waals surface area (Å²) in [6.45, 7) is 0.246. The number of carbonyl (C=O) groups is 1. The van der Waals surface area contributed by atoms with E-state index in [1.54, 1.807) is 49.2 Å². The lowest BCUT2D eigenvalue weighted by molar-refractivity contribution is 0.104. The standard InChI is InChI=1S/C29H21Cl2NO3S/c1-34-26-11-7-18(14-20(26)17-35-27-12-9-21(30)16-22(27)31)6-10-25(33)19-8-13-29-24(15-19)32-23-4-2-3-5-28(23)36-29/h2-16,32H,17H2,1H3/b10-6+. The first-order valence-electron chi connectivity index (χ1n) is 11.2. The summed E-state index contributed by atoms with van der Waals surface area (Å²) in [4.78, 5) is 15.2. The van der Waals surface area contributed by atoms with E-state index in [1.165, 1.54) is 4.90 Å². The maximum absolute atomic E-state index is 12.9. The van der Waals surface area contributed by atoms with Gasteiger partial charge in [-0.15, -0.1) is 0 Å². The maximum Gasteiger partial charge on any atom is 0.185 e. The van der Waals surface area contributed by atoms with E-state index in [2.05, 4.69) is 11.4 Å². The molecule has 0 saturated heterocycles. The van der Waals surface area contributed by atoms with E-state index in [4.69, 9.17) is 32.7 Å². The van der Waals surface area contributed by atoms with Gasteiger partial charge in [-0.3, -0.25) is 4.79 Å². The van der Waals surface area contributed by atoms with Crippen molar-refractivity contribution >= 4 is 58.2 Å². The number of para-hydroxylation sites is 1. The van der Waals surface area contributed by atoms with Crippen LogP contribution in [-0.2, 0) is 6.61 Å². The Morgan fingerprint density at radius 1 is 0.917 bits per heavy atom. The summed E-state index contributed by atoms with van der Waals surface area (Å²) in [5.41, 5.74) is 4.27. The van der Waals surface area contributed by atoms with Gasteiger partial charge in [0.2, 0.25) is 0 Å². The van der Waals surface area contributed by atoms with Crippen molar-refractivity contribution in [1.82, 2.24) is 0 Å². The normalized spacial score (nSPS) is 12.0. The van der Waals surface area contributed by atoms with E-state index < -0.39 is 0 Å². The summed E-state index contributed by atoms with van der Waals surface area (Å²) >= 11 is 13.9. The summed E-state index contributed by atoms with van der Waals surface area (Å²) in [5, 5.41) is 4.40. The number of hydrogen-bond acceptors (Lipinski definition) is 5. The van der Waals surface area contributed by atoms with Gasteiger partial charge in [-0.05, 0) is 72.3 Å². The van der Waals surface area contributed by atoms with Crippen LogP contribution in [0.5, 0.6) is 11.5 Å². The average Bonchev–Trinajstić information content (AvgIpc) is 2.89. The van der Waals surface area contributed by atoms with Crippen LogP contribution in [0.4, 0.5) is 11.4 Å². The lowest BCUT2D eigenvalue weighted by atomic mass is 10.1. The third kappa shape index (κ3) is 5.39. The van der Waals surface area contributed by atoms with Gasteiger partial charge in [0.15, 0.2) is 5.78 Å². The number of anilines is 2. The van der Waals surface area contributed by atoms with Crippen molar-refractivity contribution in [1.29, 1.82) is 0 Å². The number of benzene rings is 4. The summed E-state index contributed by atoms with van der Waals surface area (Å²) in [5.74, 6) is 1.13. The molecule has 1 aliphatic heterocycles. The van der Waals surface area contributed by atoms with Crippen LogP contribution in [0.25, 0.3) is 6.08 Å². The molecule has 1 aliphatic rings. The second kappa shape index (κ2) is 10.7. The van der Waals surface area contributed by atoms with Gasteiger partial charge >= 0.3 is 0 Å². The molecular formula is C29H21Cl2NO3S. The summed E-state index contributed by atoms with van der Waals surface area (Å²) < 4.78 is 11.4. The smallest absolute Gasteiger partial charge is 0.185 e. The highest BCUT2D eigenvalue weighted by Gasteiger charge is 2.16. The molecule has 0 aliphatic carbocycles. The average molecular weight is 534 g/mol. The first-order valence-corrected chi connectivity index (χ1v) is 12.7. The quantitative estimate of drug-likeness (QED) is 0.167. The molecule has 0 spiro atoms. The minimum absolute atomic E-state index is 0.0787. The zero-order valence-electron chi connectivity index (χ0n) is 19.3. The summed E-state index contributed by atoms with van der Waals surface area (Å²) in [7, 11) is 1.61. The molecule has 180 valence electrons. The van der Waals surface area contributed by atoms with Crippen molar-refractivity contribution in [3.63, 3.8) is 0 Å². The van der Waals surface area contributed by atoms with Gasteiger partial charge in [-0.1, -0.05) is 59.2 Å². The van der Waals surface area contributed by atoms with Gasteiger partial charge in [-0.2, -0.15) is 0 Å². The van der Waals surface area contributed by atoms with Crippen molar-refractivity contribution in [2.75, 3.05) is 12.4 Å². The second-order valence-electron chi connectivity index (χ2n) is 8.07. The highest BCUT2D eigenvalue weighted by atomic mass is 35.5. The molecule has 5 rings (SSSR count). The number of fused-ring (bicyclic) bond motifs is 2. The third-order valence-corrected chi connectivity index (χ3v) is 7.33. The monoisotopic (exact) mass is 533 g/mol. The van der Waals surface area contributed by atoms with Crippen molar-refractivity contribution < 1.29 is 14.3 Å². The fourth-order valence-electron chi connectivity index (χ4n) is 3.82. The molecule has 0 fully saturated rings. The van der Waals surface area contributed by atoms with Crippen LogP contribution in [0.1, 0.15) is 21.5 Å². The largest absolute Gasteiger partial charge is 0.496 e. The molecule has 36 heavy (non-hydrogen) atoms. The highest BCUT2D eigenvalue weighted by Crippen LogP contribution is 2.44. The molecule has 1 N–H and O–H groups in total. The molecule has 0 bridgehead atoms. The van der Waals surface area contributed by atoms with Crippen LogP contribution in [0.3, 0.4) is 0 Å². The van der Waals surface area contributed by atoms with Gasteiger partial charge in [0.05, 0.1) is 23.5 Å². The zero-order chi connectivity index (χ0) is 25.1. The second-order valence-corrected chi connectivity index (χ2v) is 9.99. The van der Waals surface area contributed by atoms with E-state index in [-0.39, 0.29) is 12.4 Å². The van der Waals surface area contributed by atoms with Crippen LogP contribution < -0.4 is 14.8 Å². The Morgan fingerprint density at radius 3 is 2.56 bits per heavy atom. The molecule has 0 radical (unpaired) electrons. The first-order chi connectivity index (χ1) is 17.5. The topological polar surface area (TPSA) is 47.6 Å². The number of nitrogens with one attached hydrogen (secondary N) is 1. The summed E-state index contributed by atoms with van der Waals surface area (Å²) in [6, 6.07) is 24.6. The number of rotatable bonds is 7. The number of ether oxygens (including phenoxy) is 2. The van der Waals surface area contributed by atoms with Gasteiger partial charge in [0.1, 0.15) is 18.1 Å². The van der Waals surface area contributed by atoms with Crippen molar-refractivity contribution in [3.8, 4) is 11.5 Å². The van der Waals surface area contributed by atoms with E-state index in [9.17, 15) is 4.79 Å². The van der Waals surface area contributed by atoms with Gasteiger partial charge < -0.3 is 14.8 Å². The Balaban J connectivity index is 1.31. The fraction of sp³-hybridized carbons (Fsp3) is 0.0690. The Labute approximate surface area is 223 Å². The van der Waals surface area contributed by atoms with Crippen LogP contribution in [-0.4, -0.2) is 12.9 Å². The fourth-order valence-corrected chi connectivity index (χ4v) is 5.25. The third-order valence-electron chi connectivity index (χ3n) is 5.65. The van der Waals surface area contributed by atoms with E-state index in [0.717, 1.165) is 27.4 Å². The van der Waals surface area contributed by atoms with Crippen LogP contribution in [0.15, 0.2) is 94.7 Å². The molecule has 7 heteroatoms. The van der Waals surface area contributed by atoms with E-state index >= 15 is 0 Å². The summed E-state index contributed by atoms with van der Waals surface area (Å²) in [6.07, 6.45) is 3.37. The lowest BCUT2D eigenvalue weighted by Crippen LogP contribution is -2.02. The zero-order valence-corrected chi connectivity index (χ0v) is 21.6. The van der Waals surface area contributed by atoms with Crippen molar-refractivity contribution in [3.05, 3.63) is 112 Å². The van der Waals surface area contributed by atoms with Crippen LogP contribution in [0, 0.1) is 0 Å². The predicted octanol–water partition coefficient (Wildman–Crippen LogP) is 8.69. The van der Waals surface area contributed by atoms with E-state index in [1.807, 2.05) is 54.6 Å². The Hall–Kier alpha value is -3.38. The molecule has 0 unspecified atom stereocenters. The van der Waals surface area contributed by atoms with Gasteiger partial charge in [0.25, 0.3) is 0 Å². The Morgan fingerprint density at radius 2 is 1.72 bits per heavy atom. The molecule has 0 atom stereocenters. The van der Waals surface area contributed by atoms with Crippen LogP contribution >= 0.6 is 35.0 Å². The molecule has 0 aromatic heterocycles. The van der Waals surface area contributed by atoms with Crippen LogP contribution in [0.2, 0.25) is 10.0 Å². The maximum atomic E-state index is 12.9. The number of halogens is 2. The number of hydrogen-bond donors (Lipinski definition) is 1. The molecule has 4 aromatic carbocycles. The Bertz CT molecular complexity index is 1490. The number of carbonyl (C=O) groups excluding carboxylic acids is 1. The Kier molecular flexibility index (Phi) is 7.23. The van der Waals surface area contributed by atoms with Crippen molar-refractivity contribution in [2.24, 2.45) is 0 Å². The predicted molar refractivity (Wildman–Crippen MR) is 147 cm³/mol. The van der Waals surface area contributed by atoms with Gasteiger partial charge in [0, 0.05) is 25.9 Å². The molecule has 4 aromatic rings. The lowest BCUT2D eigenvalue weighted by Gasteiger charge is -2.20. The minimum atomic E-state index is -0.0787. The molecule has 0 amide bonds. The number of methoxy groups -OCH3 is 1. The minimum Gasteiger partial charge on any atom is -0.496 e. The van der Waals surface area contributed by atoms with E-state index in [0.29, 0.717) is 27.1 Å². The molecule has 4 nitrogen and oxygen atoms in total. The number of allylic oxidation sites excluding steroid dienone is 1. The van der Waals surface area contributed by atoms with Crippen molar-refractivity contribution in [2.45, 2.75) is 16.4 Å². The number of ketones is 1. The first kappa shape index (κ1) is 24.3. The van der Waals surface area contributed by atoms with Gasteiger partial charge in [-0.25, -0.2) is 0 Å². The highest BCUT2D eigenvalue weighted by molar-refractivity contribution is 7.99. The molecular weight excluding hydrogens is 513 g/mol. The molecule has 0 saturated carbocycles. The SMILES string of the molecule is COc1ccc(/C=C/C(=O)c2ccc3c(c2)Nc2ccccc2S3)cc1COc1ccc(Cl)cc1Cl. The molecule has 1 heterocycles.